The normalized spacial score (nSPS) is 10.9. The Morgan fingerprint density at radius 2 is 2.15 bits per heavy atom. The molecule has 4 aromatic rings. The predicted molar refractivity (Wildman–Crippen MR) is 99.7 cm³/mol. The number of nitrogens with one attached hydrogen (secondary N) is 2. The molecule has 2 N–H and O–H groups in total. The van der Waals surface area contributed by atoms with Crippen molar-refractivity contribution < 1.29 is 9.72 Å². The van der Waals surface area contributed by atoms with Gasteiger partial charge < -0.3 is 0 Å². The molecule has 0 atom stereocenters. The van der Waals surface area contributed by atoms with Gasteiger partial charge in [0.2, 0.25) is 0 Å². The van der Waals surface area contributed by atoms with Crippen LogP contribution >= 0.6 is 0 Å². The van der Waals surface area contributed by atoms with Crippen molar-refractivity contribution in [3.8, 4) is 5.69 Å². The summed E-state index contributed by atoms with van der Waals surface area (Å²) in [7, 11) is 0. The van der Waals surface area contributed by atoms with Gasteiger partial charge in [-0.2, -0.15) is 0 Å². The van der Waals surface area contributed by atoms with E-state index in [0.717, 1.165) is 10.9 Å². The molecule has 27 heavy (non-hydrogen) atoms. The van der Waals surface area contributed by atoms with Crippen LogP contribution in [0.2, 0.25) is 0 Å². The summed E-state index contributed by atoms with van der Waals surface area (Å²) in [5.74, 6) is -0.465. The number of aromatic amines is 1. The molecule has 2 radical (unpaired) electrons. The molecule has 0 saturated carbocycles. The van der Waals surface area contributed by atoms with Gasteiger partial charge in [0.05, 0.1) is 0 Å². The zero-order chi connectivity index (χ0) is 19.0. The molecule has 9 nitrogen and oxygen atoms in total. The Hall–Kier alpha value is -3.45. The number of nitro groups is 1. The van der Waals surface area contributed by atoms with Gasteiger partial charge in [0.15, 0.2) is 0 Å². The molecule has 1 amide bonds. The van der Waals surface area contributed by atoms with Gasteiger partial charge in [-0.15, -0.1) is 0 Å². The summed E-state index contributed by atoms with van der Waals surface area (Å²) < 4.78 is 2.03. The number of carbonyl (C=O) groups is 1. The average molecular weight is 422 g/mol. The fourth-order valence-corrected chi connectivity index (χ4v) is 3.29. The van der Waals surface area contributed by atoms with E-state index in [4.69, 9.17) is 0 Å². The molecular weight excluding hydrogens is 411 g/mol. The van der Waals surface area contributed by atoms with Crippen LogP contribution in [-0.4, -0.2) is 47.4 Å². The first-order valence-corrected chi connectivity index (χ1v) is 8.71. The van der Waals surface area contributed by atoms with Crippen LogP contribution in [0.25, 0.3) is 16.6 Å². The maximum atomic E-state index is 12.9. The summed E-state index contributed by atoms with van der Waals surface area (Å²) in [5, 5.41) is 21.8. The molecule has 0 spiro atoms. The Bertz CT molecular complexity index is 1170. The van der Waals surface area contributed by atoms with Gasteiger partial charge in [-0.05, 0) is 0 Å². The maximum absolute atomic E-state index is 12.9. The van der Waals surface area contributed by atoms with Crippen molar-refractivity contribution in [1.29, 1.82) is 0 Å². The zero-order valence-corrected chi connectivity index (χ0v) is 15.5. The number of aromatic nitrogens is 4. The minimum atomic E-state index is -0.515. The third kappa shape index (κ3) is 3.20. The summed E-state index contributed by atoms with van der Waals surface area (Å²) >= 11 is 2.15. The number of H-pyrrole nitrogens is 1. The van der Waals surface area contributed by atoms with Crippen molar-refractivity contribution in [2.75, 3.05) is 5.32 Å². The number of rotatable bonds is 4. The first-order chi connectivity index (χ1) is 13.0. The number of amides is 1. The molecule has 2 aromatic carbocycles. The van der Waals surface area contributed by atoms with Gasteiger partial charge in [-0.25, -0.2) is 0 Å². The van der Waals surface area contributed by atoms with Crippen molar-refractivity contribution >= 4 is 49.4 Å². The minimum absolute atomic E-state index is 0.145. The van der Waals surface area contributed by atoms with Crippen LogP contribution in [-0.2, 0) is 0 Å². The molecule has 2 aromatic heterocycles. The van der Waals surface area contributed by atoms with Crippen LogP contribution in [0.15, 0.2) is 55.2 Å². The standard InChI is InChI=1S/C17H11AsN6O3/c18-13-7-15(23-4-3-19-9-23)12(6-16(13)24(26)27)17(25)21-11-2-1-10-8-20-22-14(10)5-11/h1-9H,(H,20,22)(H,21,25). The summed E-state index contributed by atoms with van der Waals surface area (Å²) in [4.78, 5) is 27.7. The van der Waals surface area contributed by atoms with Gasteiger partial charge >= 0.3 is 161 Å². The number of hydrogen-bond acceptors (Lipinski definition) is 5. The summed E-state index contributed by atoms with van der Waals surface area (Å²) in [6.07, 6.45) is 6.45. The van der Waals surface area contributed by atoms with E-state index in [1.807, 2.05) is 6.07 Å². The van der Waals surface area contributed by atoms with Crippen LogP contribution in [0, 0.1) is 10.1 Å². The second-order valence-corrected chi connectivity index (χ2v) is 6.72. The van der Waals surface area contributed by atoms with E-state index in [2.05, 4.69) is 37.4 Å². The number of nitro benzene ring substituents is 1. The first kappa shape index (κ1) is 17.0. The molecule has 132 valence electrons. The van der Waals surface area contributed by atoms with Crippen molar-refractivity contribution in [3.63, 3.8) is 0 Å². The molecule has 4 rings (SSSR count). The molecule has 0 fully saturated rings. The van der Waals surface area contributed by atoms with E-state index in [1.54, 1.807) is 41.4 Å². The Kier molecular flexibility index (Phi) is 4.21. The number of hydrogen-bond donors (Lipinski definition) is 2. The molecule has 0 aliphatic carbocycles. The monoisotopic (exact) mass is 422 g/mol. The molecule has 0 bridgehead atoms. The SMILES string of the molecule is O=C(Nc1ccc2cn[nH]c2c1)c1cc([N+](=O)[O-])c([As])cc1-n1ccnc1. The summed E-state index contributed by atoms with van der Waals surface area (Å²) in [6, 6.07) is 8.16. The van der Waals surface area contributed by atoms with Gasteiger partial charge in [0.1, 0.15) is 0 Å². The number of anilines is 1. The van der Waals surface area contributed by atoms with Gasteiger partial charge in [-0.1, -0.05) is 0 Å². The van der Waals surface area contributed by atoms with Crippen molar-refractivity contribution in [2.45, 2.75) is 0 Å². The molecule has 0 unspecified atom stereocenters. The Balaban J connectivity index is 1.77. The van der Waals surface area contributed by atoms with Gasteiger partial charge in [-0.3, -0.25) is 0 Å². The van der Waals surface area contributed by atoms with Crippen LogP contribution in [0.4, 0.5) is 11.4 Å². The molecule has 10 heteroatoms. The van der Waals surface area contributed by atoms with Crippen LogP contribution in [0.3, 0.4) is 0 Å². The number of fused-ring (bicyclic) bond motifs is 1. The molecule has 2 heterocycles. The van der Waals surface area contributed by atoms with Crippen molar-refractivity contribution in [1.82, 2.24) is 19.7 Å². The second-order valence-electron chi connectivity index (χ2n) is 5.71. The van der Waals surface area contributed by atoms with Crippen molar-refractivity contribution in [3.05, 3.63) is 70.9 Å². The van der Waals surface area contributed by atoms with Crippen LogP contribution < -0.4 is 9.67 Å². The predicted octanol–water partition coefficient (Wildman–Crippen LogP) is 1.70. The molecule has 0 saturated heterocycles. The van der Waals surface area contributed by atoms with E-state index in [1.165, 1.54) is 12.4 Å². The van der Waals surface area contributed by atoms with Crippen LogP contribution in [0.1, 0.15) is 10.4 Å². The molecule has 0 aliphatic heterocycles. The van der Waals surface area contributed by atoms with E-state index in [9.17, 15) is 14.9 Å². The quantitative estimate of drug-likeness (QED) is 0.295. The van der Waals surface area contributed by atoms with Gasteiger partial charge in [0.25, 0.3) is 0 Å². The Morgan fingerprint density at radius 3 is 2.89 bits per heavy atom. The van der Waals surface area contributed by atoms with E-state index < -0.39 is 10.8 Å². The Labute approximate surface area is 161 Å². The molecular formula is C17H11AsN6O3. The van der Waals surface area contributed by atoms with Gasteiger partial charge in [0, 0.05) is 0 Å². The van der Waals surface area contributed by atoms with E-state index in [-0.39, 0.29) is 11.3 Å². The topological polar surface area (TPSA) is 119 Å². The number of benzene rings is 2. The third-order valence-corrected chi connectivity index (χ3v) is 4.77. The second kappa shape index (κ2) is 6.69. The van der Waals surface area contributed by atoms with Crippen LogP contribution in [0.5, 0.6) is 0 Å². The zero-order valence-electron chi connectivity index (χ0n) is 13.7. The Morgan fingerprint density at radius 1 is 1.30 bits per heavy atom. The van der Waals surface area contributed by atoms with Crippen molar-refractivity contribution in [2.24, 2.45) is 0 Å². The number of nitrogens with zero attached hydrogens (tertiary/aromatic N) is 4. The number of carbonyl (C=O) groups excluding carboxylic acids is 1. The van der Waals surface area contributed by atoms with E-state index >= 15 is 0 Å². The van der Waals surface area contributed by atoms with E-state index in [0.29, 0.717) is 15.7 Å². The number of imidazole rings is 1. The summed E-state index contributed by atoms with van der Waals surface area (Å²) in [6.45, 7) is 0. The summed E-state index contributed by atoms with van der Waals surface area (Å²) in [5.41, 5.74) is 1.84. The average Bonchev–Trinajstić information content (AvgIpc) is 3.32. The molecule has 0 aliphatic rings. The third-order valence-electron chi connectivity index (χ3n) is 4.02. The first-order valence-electron chi connectivity index (χ1n) is 7.77. The fourth-order valence-electron chi connectivity index (χ4n) is 2.72. The fraction of sp³-hybridized carbons (Fsp3) is 0.